The molecule has 6 heteroatoms. The zero-order valence-corrected chi connectivity index (χ0v) is 15.0. The summed E-state index contributed by atoms with van der Waals surface area (Å²) in [4.78, 5) is 28.3. The van der Waals surface area contributed by atoms with Crippen molar-refractivity contribution in [3.8, 4) is 5.75 Å². The third-order valence-corrected chi connectivity index (χ3v) is 4.83. The largest absolute Gasteiger partial charge is 0.497 e. The van der Waals surface area contributed by atoms with Crippen LogP contribution in [0.1, 0.15) is 37.3 Å². The maximum atomic E-state index is 12.7. The summed E-state index contributed by atoms with van der Waals surface area (Å²) in [6, 6.07) is 8.40. The zero-order valence-electron chi connectivity index (χ0n) is 15.0. The third kappa shape index (κ3) is 4.72. The summed E-state index contributed by atoms with van der Waals surface area (Å²) in [5.74, 6) is 0.909. The van der Waals surface area contributed by atoms with Gasteiger partial charge in [-0.25, -0.2) is 0 Å². The molecule has 1 N–H and O–H groups in total. The van der Waals surface area contributed by atoms with Crippen LogP contribution >= 0.6 is 0 Å². The van der Waals surface area contributed by atoms with Crippen molar-refractivity contribution in [1.29, 1.82) is 0 Å². The Labute approximate surface area is 149 Å². The highest BCUT2D eigenvalue weighted by atomic mass is 16.5. The molecule has 1 atom stereocenters. The minimum absolute atomic E-state index is 0.00549. The van der Waals surface area contributed by atoms with Crippen molar-refractivity contribution in [2.45, 2.75) is 37.8 Å². The number of carbonyl (C=O) groups is 2. The van der Waals surface area contributed by atoms with Crippen molar-refractivity contribution in [2.75, 3.05) is 33.8 Å². The van der Waals surface area contributed by atoms with Crippen molar-refractivity contribution in [2.24, 2.45) is 0 Å². The molecule has 1 aliphatic heterocycles. The Balaban J connectivity index is 1.55. The van der Waals surface area contributed by atoms with Gasteiger partial charge in [-0.05, 0) is 50.4 Å². The van der Waals surface area contributed by atoms with Gasteiger partial charge in [-0.15, -0.1) is 0 Å². The van der Waals surface area contributed by atoms with Crippen LogP contribution in [0.15, 0.2) is 24.3 Å². The van der Waals surface area contributed by atoms with E-state index in [0.717, 1.165) is 43.5 Å². The van der Waals surface area contributed by atoms with E-state index < -0.39 is 0 Å². The molecule has 6 nitrogen and oxygen atoms in total. The molecule has 1 saturated heterocycles. The second-order valence-electron chi connectivity index (χ2n) is 7.03. The van der Waals surface area contributed by atoms with Crippen LogP contribution in [0.5, 0.6) is 5.75 Å². The van der Waals surface area contributed by atoms with Gasteiger partial charge in [-0.1, -0.05) is 12.1 Å². The molecule has 3 rings (SSSR count). The molecule has 1 heterocycles. The fourth-order valence-corrected chi connectivity index (χ4v) is 3.36. The van der Waals surface area contributed by atoms with Gasteiger partial charge in [0.15, 0.2) is 0 Å². The van der Waals surface area contributed by atoms with Gasteiger partial charge < -0.3 is 15.0 Å². The Bertz CT molecular complexity index is 613. The van der Waals surface area contributed by atoms with Crippen molar-refractivity contribution >= 4 is 11.8 Å². The molecule has 0 radical (unpaired) electrons. The van der Waals surface area contributed by atoms with E-state index >= 15 is 0 Å². The molecule has 136 valence electrons. The van der Waals surface area contributed by atoms with Crippen molar-refractivity contribution in [3.63, 3.8) is 0 Å². The van der Waals surface area contributed by atoms with Gasteiger partial charge in [0.1, 0.15) is 5.75 Å². The molecular formula is C19H27N3O3. The minimum Gasteiger partial charge on any atom is -0.497 e. The van der Waals surface area contributed by atoms with E-state index in [1.54, 1.807) is 12.0 Å². The summed E-state index contributed by atoms with van der Waals surface area (Å²) in [6.45, 7) is 1.31. The molecule has 1 aromatic carbocycles. The van der Waals surface area contributed by atoms with E-state index in [1.807, 2.05) is 36.2 Å². The van der Waals surface area contributed by atoms with Crippen molar-refractivity contribution < 1.29 is 14.3 Å². The van der Waals surface area contributed by atoms with E-state index in [1.165, 1.54) is 0 Å². The highest BCUT2D eigenvalue weighted by molar-refractivity contribution is 5.82. The predicted molar refractivity (Wildman–Crippen MR) is 95.3 cm³/mol. The first-order valence-electron chi connectivity index (χ1n) is 8.98. The standard InChI is InChI=1S/C19H27N3O3/c1-21(12-18(23)20-15-7-8-15)13-19(24)22-11-3-4-17(22)14-5-9-16(25-2)10-6-14/h5-6,9-10,15,17H,3-4,7-8,11-13H2,1-2H3,(H,20,23). The summed E-state index contributed by atoms with van der Waals surface area (Å²) >= 11 is 0. The summed E-state index contributed by atoms with van der Waals surface area (Å²) in [6.07, 6.45) is 4.13. The number of nitrogens with zero attached hydrogens (tertiary/aromatic N) is 2. The van der Waals surface area contributed by atoms with Gasteiger partial charge in [-0.2, -0.15) is 0 Å². The van der Waals surface area contributed by atoms with Gasteiger partial charge in [-0.3, -0.25) is 14.5 Å². The summed E-state index contributed by atoms with van der Waals surface area (Å²) in [5.41, 5.74) is 1.14. The van der Waals surface area contributed by atoms with E-state index in [9.17, 15) is 9.59 Å². The van der Waals surface area contributed by atoms with Crippen molar-refractivity contribution in [3.05, 3.63) is 29.8 Å². The van der Waals surface area contributed by atoms with Crippen LogP contribution in [0.4, 0.5) is 0 Å². The quantitative estimate of drug-likeness (QED) is 0.815. The second-order valence-corrected chi connectivity index (χ2v) is 7.03. The van der Waals surface area contributed by atoms with E-state index in [4.69, 9.17) is 4.74 Å². The van der Waals surface area contributed by atoms with E-state index in [2.05, 4.69) is 5.32 Å². The van der Waals surface area contributed by atoms with Crippen molar-refractivity contribution in [1.82, 2.24) is 15.1 Å². The molecule has 0 aromatic heterocycles. The SMILES string of the molecule is COc1ccc(C2CCCN2C(=O)CN(C)CC(=O)NC2CC2)cc1. The monoisotopic (exact) mass is 345 g/mol. The lowest BCUT2D eigenvalue weighted by atomic mass is 10.0. The predicted octanol–water partition coefficient (Wildman–Crippen LogP) is 1.57. The molecule has 2 amide bonds. The van der Waals surface area contributed by atoms with E-state index in [0.29, 0.717) is 6.04 Å². The third-order valence-electron chi connectivity index (χ3n) is 4.83. The average Bonchev–Trinajstić information content (AvgIpc) is 3.26. The number of benzene rings is 1. The highest BCUT2D eigenvalue weighted by Crippen LogP contribution is 2.32. The average molecular weight is 345 g/mol. The van der Waals surface area contributed by atoms with Gasteiger partial charge in [0.2, 0.25) is 11.8 Å². The first-order chi connectivity index (χ1) is 12.1. The number of amides is 2. The molecule has 0 spiro atoms. The van der Waals surface area contributed by atoms with Gasteiger partial charge in [0.05, 0.1) is 26.2 Å². The zero-order chi connectivity index (χ0) is 17.8. The van der Waals surface area contributed by atoms with Crippen LogP contribution in [-0.2, 0) is 9.59 Å². The topological polar surface area (TPSA) is 61.9 Å². The Hall–Kier alpha value is -2.08. The summed E-state index contributed by atoms with van der Waals surface area (Å²) < 4.78 is 5.20. The van der Waals surface area contributed by atoms with Crippen LogP contribution in [-0.4, -0.2) is 61.4 Å². The fourth-order valence-electron chi connectivity index (χ4n) is 3.36. The Morgan fingerprint density at radius 1 is 1.20 bits per heavy atom. The van der Waals surface area contributed by atoms with Crippen LogP contribution < -0.4 is 10.1 Å². The summed E-state index contributed by atoms with van der Waals surface area (Å²) in [7, 11) is 3.47. The molecule has 2 aliphatic rings. The fraction of sp³-hybridized carbons (Fsp3) is 0.579. The molecule has 1 aromatic rings. The number of methoxy groups -OCH3 is 1. The molecule has 1 aliphatic carbocycles. The lowest BCUT2D eigenvalue weighted by molar-refractivity contribution is -0.133. The lowest BCUT2D eigenvalue weighted by Crippen LogP contribution is -2.42. The van der Waals surface area contributed by atoms with Gasteiger partial charge in [0.25, 0.3) is 0 Å². The first kappa shape index (κ1) is 17.7. The smallest absolute Gasteiger partial charge is 0.237 e. The van der Waals surface area contributed by atoms with E-state index in [-0.39, 0.29) is 30.9 Å². The molecule has 1 saturated carbocycles. The Morgan fingerprint density at radius 2 is 1.92 bits per heavy atom. The number of hydrogen-bond acceptors (Lipinski definition) is 4. The van der Waals surface area contributed by atoms with Gasteiger partial charge in [0, 0.05) is 12.6 Å². The molecule has 1 unspecified atom stereocenters. The number of hydrogen-bond donors (Lipinski definition) is 1. The molecular weight excluding hydrogens is 318 g/mol. The maximum Gasteiger partial charge on any atom is 0.237 e. The van der Waals surface area contributed by atoms with Gasteiger partial charge >= 0.3 is 0 Å². The molecule has 2 fully saturated rings. The Morgan fingerprint density at radius 3 is 2.56 bits per heavy atom. The van der Waals surface area contributed by atoms with Crippen LogP contribution in [0.2, 0.25) is 0 Å². The molecule has 25 heavy (non-hydrogen) atoms. The Kier molecular flexibility index (Phi) is 5.58. The number of rotatable bonds is 7. The lowest BCUT2D eigenvalue weighted by Gasteiger charge is -2.27. The highest BCUT2D eigenvalue weighted by Gasteiger charge is 2.30. The second kappa shape index (κ2) is 7.87. The number of likely N-dealkylation sites (tertiary alicyclic amines) is 1. The number of ether oxygens (including phenoxy) is 1. The van der Waals surface area contributed by atoms with Crippen LogP contribution in [0.3, 0.4) is 0 Å². The minimum atomic E-state index is 0.00549. The number of nitrogens with one attached hydrogen (secondary N) is 1. The number of carbonyl (C=O) groups excluding carboxylic acids is 2. The van der Waals surface area contributed by atoms with Crippen LogP contribution in [0.25, 0.3) is 0 Å². The maximum absolute atomic E-state index is 12.7. The first-order valence-corrected chi connectivity index (χ1v) is 8.98. The normalized spacial score (nSPS) is 20.0. The van der Waals surface area contributed by atoms with Crippen LogP contribution in [0, 0.1) is 0 Å². The summed E-state index contributed by atoms with van der Waals surface area (Å²) in [5, 5.41) is 2.96. The number of likely N-dealkylation sites (N-methyl/N-ethyl adjacent to an activating group) is 1. The molecule has 0 bridgehead atoms.